The van der Waals surface area contributed by atoms with Crippen molar-refractivity contribution in [2.24, 2.45) is 10.2 Å². The molecule has 0 aliphatic rings. The fourth-order valence-corrected chi connectivity index (χ4v) is 2.49. The van der Waals surface area contributed by atoms with Gasteiger partial charge in [0.25, 0.3) is 0 Å². The molecule has 0 aliphatic heterocycles. The van der Waals surface area contributed by atoms with Gasteiger partial charge in [-0.05, 0) is 17.7 Å². The van der Waals surface area contributed by atoms with Crippen LogP contribution in [0, 0.1) is 0 Å². The molecule has 0 heterocycles. The molecule has 0 aromatic heterocycles. The molecule has 0 radical (unpaired) electrons. The van der Waals surface area contributed by atoms with Gasteiger partial charge in [-0.3, -0.25) is 4.79 Å². The minimum absolute atomic E-state index is 0.0994. The Morgan fingerprint density at radius 2 is 1.38 bits per heavy atom. The summed E-state index contributed by atoms with van der Waals surface area (Å²) in [5.74, 6) is -0.0994. The van der Waals surface area contributed by atoms with Crippen LogP contribution in [0.15, 0.2) is 95.2 Å². The van der Waals surface area contributed by atoms with Gasteiger partial charge in [-0.15, -0.1) is 0 Å². The third-order valence-corrected chi connectivity index (χ3v) is 3.87. The molecule has 0 fully saturated rings. The van der Waals surface area contributed by atoms with E-state index in [1.165, 1.54) is 0 Å². The first-order valence-electron chi connectivity index (χ1n) is 7.55. The van der Waals surface area contributed by atoms with E-state index >= 15 is 0 Å². The van der Waals surface area contributed by atoms with Crippen LogP contribution in [0.3, 0.4) is 0 Å². The largest absolute Gasteiger partial charge is 0.291 e. The molecular weight excluding hydrogens is 320 g/mol. The molecule has 0 N–H and O–H groups in total. The van der Waals surface area contributed by atoms with Gasteiger partial charge in [0.05, 0.1) is 5.02 Å². The lowest BCUT2D eigenvalue weighted by atomic mass is 9.98. The zero-order chi connectivity index (χ0) is 16.8. The molecule has 24 heavy (non-hydrogen) atoms. The molecule has 3 aromatic rings. The van der Waals surface area contributed by atoms with Gasteiger partial charge in [0.15, 0.2) is 11.8 Å². The number of rotatable bonds is 5. The van der Waals surface area contributed by atoms with Crippen molar-refractivity contribution in [1.29, 1.82) is 0 Å². The van der Waals surface area contributed by atoms with Gasteiger partial charge in [0, 0.05) is 5.56 Å². The summed E-state index contributed by atoms with van der Waals surface area (Å²) in [5, 5.41) is 8.99. The molecule has 4 heteroatoms. The molecule has 3 aromatic carbocycles. The van der Waals surface area contributed by atoms with E-state index in [0.717, 1.165) is 5.56 Å². The van der Waals surface area contributed by atoms with Crippen LogP contribution >= 0.6 is 11.6 Å². The number of hydrogen-bond acceptors (Lipinski definition) is 3. The van der Waals surface area contributed by atoms with Crippen LogP contribution in [0.2, 0.25) is 5.02 Å². The van der Waals surface area contributed by atoms with Crippen molar-refractivity contribution in [3.63, 3.8) is 0 Å². The minimum Gasteiger partial charge on any atom is -0.291 e. The molecule has 0 aliphatic carbocycles. The molecule has 0 amide bonds. The SMILES string of the molecule is O=C(c1ccccc1)C(N=Nc1ccccc1Cl)c1ccccc1. The van der Waals surface area contributed by atoms with Gasteiger partial charge in [-0.25, -0.2) is 0 Å². The van der Waals surface area contributed by atoms with Crippen LogP contribution in [0.4, 0.5) is 5.69 Å². The number of carbonyl (C=O) groups is 1. The molecule has 0 saturated carbocycles. The number of ketones is 1. The van der Waals surface area contributed by atoms with Gasteiger partial charge < -0.3 is 0 Å². The average molecular weight is 335 g/mol. The highest BCUT2D eigenvalue weighted by Gasteiger charge is 2.21. The van der Waals surface area contributed by atoms with E-state index in [1.807, 2.05) is 60.7 Å². The van der Waals surface area contributed by atoms with E-state index in [9.17, 15) is 4.79 Å². The van der Waals surface area contributed by atoms with Gasteiger partial charge in [-0.1, -0.05) is 84.4 Å². The highest BCUT2D eigenvalue weighted by Crippen LogP contribution is 2.28. The molecule has 0 saturated heterocycles. The quantitative estimate of drug-likeness (QED) is 0.413. The van der Waals surface area contributed by atoms with E-state index in [2.05, 4.69) is 10.2 Å². The van der Waals surface area contributed by atoms with Gasteiger partial charge in [0.2, 0.25) is 0 Å². The van der Waals surface area contributed by atoms with Crippen molar-refractivity contribution in [2.45, 2.75) is 6.04 Å². The molecule has 3 nitrogen and oxygen atoms in total. The lowest BCUT2D eigenvalue weighted by molar-refractivity contribution is 0.0959. The van der Waals surface area contributed by atoms with E-state index in [0.29, 0.717) is 16.3 Å². The Labute approximate surface area is 145 Å². The Bertz CT molecular complexity index is 848. The molecular formula is C20H15ClN2O. The molecule has 3 rings (SSSR count). The van der Waals surface area contributed by atoms with Crippen LogP contribution in [0.5, 0.6) is 0 Å². The van der Waals surface area contributed by atoms with Crippen molar-refractivity contribution in [1.82, 2.24) is 0 Å². The summed E-state index contributed by atoms with van der Waals surface area (Å²) in [7, 11) is 0. The third kappa shape index (κ3) is 3.76. The molecule has 1 atom stereocenters. The number of Topliss-reactive ketones (excluding diaryl/α,β-unsaturated/α-hetero) is 1. The van der Waals surface area contributed by atoms with Gasteiger partial charge in [-0.2, -0.15) is 10.2 Å². The van der Waals surface area contributed by atoms with Crippen LogP contribution in [0.1, 0.15) is 22.0 Å². The van der Waals surface area contributed by atoms with E-state index in [1.54, 1.807) is 24.3 Å². The number of azo groups is 1. The number of nitrogens with zero attached hydrogens (tertiary/aromatic N) is 2. The summed E-state index contributed by atoms with van der Waals surface area (Å²) in [6.07, 6.45) is 0. The molecule has 0 spiro atoms. The fourth-order valence-electron chi connectivity index (χ4n) is 2.32. The summed E-state index contributed by atoms with van der Waals surface area (Å²) in [5.41, 5.74) is 1.94. The van der Waals surface area contributed by atoms with E-state index < -0.39 is 6.04 Å². The smallest absolute Gasteiger partial charge is 0.193 e. The Hall–Kier alpha value is -2.78. The maximum atomic E-state index is 12.9. The first kappa shape index (κ1) is 16.1. The Kier molecular flexibility index (Phi) is 5.14. The van der Waals surface area contributed by atoms with Gasteiger partial charge in [0.1, 0.15) is 5.69 Å². The van der Waals surface area contributed by atoms with Crippen molar-refractivity contribution in [3.8, 4) is 0 Å². The maximum Gasteiger partial charge on any atom is 0.193 e. The average Bonchev–Trinajstić information content (AvgIpc) is 2.65. The predicted octanol–water partition coefficient (Wildman–Crippen LogP) is 6.05. The molecule has 0 bridgehead atoms. The first-order chi connectivity index (χ1) is 11.8. The third-order valence-electron chi connectivity index (χ3n) is 3.56. The highest BCUT2D eigenvalue weighted by molar-refractivity contribution is 6.32. The van der Waals surface area contributed by atoms with Crippen molar-refractivity contribution in [2.75, 3.05) is 0 Å². The van der Waals surface area contributed by atoms with E-state index in [-0.39, 0.29) is 5.78 Å². The van der Waals surface area contributed by atoms with Crippen molar-refractivity contribution < 1.29 is 4.79 Å². The molecule has 118 valence electrons. The number of hydrogen-bond donors (Lipinski definition) is 0. The zero-order valence-electron chi connectivity index (χ0n) is 12.8. The topological polar surface area (TPSA) is 41.8 Å². The minimum atomic E-state index is -0.704. The second-order valence-electron chi connectivity index (χ2n) is 5.21. The Morgan fingerprint density at radius 1 is 0.792 bits per heavy atom. The summed E-state index contributed by atoms with van der Waals surface area (Å²) in [6, 6.07) is 25.0. The lowest BCUT2D eigenvalue weighted by Crippen LogP contribution is -2.10. The second kappa shape index (κ2) is 7.66. The lowest BCUT2D eigenvalue weighted by Gasteiger charge is -2.11. The summed E-state index contributed by atoms with van der Waals surface area (Å²) in [4.78, 5) is 12.9. The standard InChI is InChI=1S/C20H15ClN2O/c21-17-13-7-8-14-18(17)22-23-19(15-9-3-1-4-10-15)20(24)16-11-5-2-6-12-16/h1-14,19H. The zero-order valence-corrected chi connectivity index (χ0v) is 13.6. The van der Waals surface area contributed by atoms with E-state index in [4.69, 9.17) is 11.6 Å². The number of benzene rings is 3. The van der Waals surface area contributed by atoms with Crippen LogP contribution in [-0.4, -0.2) is 5.78 Å². The summed E-state index contributed by atoms with van der Waals surface area (Å²) in [6.45, 7) is 0. The monoisotopic (exact) mass is 334 g/mol. The Morgan fingerprint density at radius 3 is 2.04 bits per heavy atom. The first-order valence-corrected chi connectivity index (χ1v) is 7.93. The van der Waals surface area contributed by atoms with Crippen LogP contribution in [-0.2, 0) is 0 Å². The number of halogens is 1. The van der Waals surface area contributed by atoms with Crippen molar-refractivity contribution >= 4 is 23.1 Å². The second-order valence-corrected chi connectivity index (χ2v) is 5.62. The van der Waals surface area contributed by atoms with Crippen LogP contribution < -0.4 is 0 Å². The van der Waals surface area contributed by atoms with Gasteiger partial charge >= 0.3 is 0 Å². The van der Waals surface area contributed by atoms with Crippen LogP contribution in [0.25, 0.3) is 0 Å². The molecule has 1 unspecified atom stereocenters. The predicted molar refractivity (Wildman–Crippen MR) is 95.9 cm³/mol. The maximum absolute atomic E-state index is 12.9. The summed E-state index contributed by atoms with van der Waals surface area (Å²) >= 11 is 6.11. The Balaban J connectivity index is 1.97. The summed E-state index contributed by atoms with van der Waals surface area (Å²) < 4.78 is 0. The highest BCUT2D eigenvalue weighted by atomic mass is 35.5. The van der Waals surface area contributed by atoms with Crippen molar-refractivity contribution in [3.05, 3.63) is 101 Å². The normalized spacial score (nSPS) is 12.2. The number of carbonyl (C=O) groups excluding carboxylic acids is 1. The fraction of sp³-hybridized carbons (Fsp3) is 0.0500.